The van der Waals surface area contributed by atoms with E-state index in [2.05, 4.69) is 5.32 Å². The minimum Gasteiger partial charge on any atom is -0.493 e. The zero-order valence-corrected chi connectivity index (χ0v) is 12.8. The molecular weight excluding hydrogens is 254 g/mol. The van der Waals surface area contributed by atoms with Crippen LogP contribution in [0.4, 0.5) is 0 Å². The number of carbonyl (C=O) groups is 1. The van der Waals surface area contributed by atoms with Gasteiger partial charge in [0.05, 0.1) is 13.0 Å². The lowest BCUT2D eigenvalue weighted by atomic mass is 9.95. The Balaban J connectivity index is 2.36. The number of benzene rings is 1. The zero-order chi connectivity index (χ0) is 15.2. The summed E-state index contributed by atoms with van der Waals surface area (Å²) in [7, 11) is 0. The summed E-state index contributed by atoms with van der Waals surface area (Å²) in [6, 6.07) is 5.97. The fourth-order valence-electron chi connectivity index (χ4n) is 1.75. The Bertz CT molecular complexity index is 435. The monoisotopic (exact) mass is 279 g/mol. The van der Waals surface area contributed by atoms with Gasteiger partial charge in [0.25, 0.3) is 0 Å². The number of hydrogen-bond donors (Lipinski definition) is 2. The first-order chi connectivity index (χ1) is 9.35. The van der Waals surface area contributed by atoms with Gasteiger partial charge in [0.2, 0.25) is 5.91 Å². The number of nitrogens with one attached hydrogen (secondary N) is 1. The van der Waals surface area contributed by atoms with Crippen LogP contribution >= 0.6 is 0 Å². The molecule has 1 aromatic carbocycles. The van der Waals surface area contributed by atoms with Gasteiger partial charge in [0.1, 0.15) is 5.75 Å². The molecular formula is C16H25NO3. The molecule has 2 N–H and O–H groups in total. The topological polar surface area (TPSA) is 58.6 Å². The highest BCUT2D eigenvalue weighted by molar-refractivity contribution is 5.76. The lowest BCUT2D eigenvalue weighted by Gasteiger charge is -2.21. The molecule has 0 bridgehead atoms. The number of hydrogen-bond acceptors (Lipinski definition) is 3. The van der Waals surface area contributed by atoms with Crippen LogP contribution < -0.4 is 10.1 Å². The molecule has 20 heavy (non-hydrogen) atoms. The second-order valence-corrected chi connectivity index (χ2v) is 5.92. The summed E-state index contributed by atoms with van der Waals surface area (Å²) in [6.45, 7) is 8.66. The number of aliphatic hydroxyl groups is 1. The molecule has 4 nitrogen and oxygen atoms in total. The Morgan fingerprint density at radius 1 is 1.30 bits per heavy atom. The molecule has 0 unspecified atom stereocenters. The molecule has 1 aromatic rings. The van der Waals surface area contributed by atoms with Crippen molar-refractivity contribution in [3.05, 3.63) is 29.3 Å². The Hall–Kier alpha value is -1.55. The number of aryl methyl sites for hydroxylation is 2. The van der Waals surface area contributed by atoms with Crippen LogP contribution in [0.1, 0.15) is 31.4 Å². The van der Waals surface area contributed by atoms with Crippen molar-refractivity contribution in [2.45, 2.75) is 34.1 Å². The van der Waals surface area contributed by atoms with E-state index < -0.39 is 0 Å². The number of carbonyl (C=O) groups excluding carboxylic acids is 1. The summed E-state index contributed by atoms with van der Waals surface area (Å²) in [4.78, 5) is 11.7. The first-order valence-electron chi connectivity index (χ1n) is 6.92. The Kier molecular flexibility index (Phi) is 6.02. The molecule has 0 aliphatic rings. The van der Waals surface area contributed by atoms with Crippen molar-refractivity contribution in [1.82, 2.24) is 5.32 Å². The predicted molar refractivity (Wildman–Crippen MR) is 79.9 cm³/mol. The van der Waals surface area contributed by atoms with Gasteiger partial charge in [-0.25, -0.2) is 0 Å². The van der Waals surface area contributed by atoms with Gasteiger partial charge in [-0.3, -0.25) is 4.79 Å². The Morgan fingerprint density at radius 3 is 2.45 bits per heavy atom. The van der Waals surface area contributed by atoms with E-state index in [4.69, 9.17) is 9.84 Å². The van der Waals surface area contributed by atoms with E-state index in [0.717, 1.165) is 16.9 Å². The highest BCUT2D eigenvalue weighted by Gasteiger charge is 2.17. The molecule has 0 aromatic heterocycles. The normalized spacial score (nSPS) is 11.2. The van der Waals surface area contributed by atoms with Crippen molar-refractivity contribution >= 4 is 5.91 Å². The SMILES string of the molecule is Cc1cccc(C)c1OCCC(=O)NCC(C)(C)CO. The molecule has 112 valence electrons. The van der Waals surface area contributed by atoms with Crippen molar-refractivity contribution in [3.8, 4) is 5.75 Å². The molecule has 0 aliphatic heterocycles. The summed E-state index contributed by atoms with van der Waals surface area (Å²) in [5, 5.41) is 11.9. The molecule has 0 saturated carbocycles. The van der Waals surface area contributed by atoms with Gasteiger partial charge in [-0.15, -0.1) is 0 Å². The van der Waals surface area contributed by atoms with E-state index in [1.165, 1.54) is 0 Å². The van der Waals surface area contributed by atoms with Gasteiger partial charge < -0.3 is 15.2 Å². The summed E-state index contributed by atoms with van der Waals surface area (Å²) >= 11 is 0. The molecule has 0 atom stereocenters. The molecule has 1 rings (SSSR count). The van der Waals surface area contributed by atoms with E-state index in [1.54, 1.807) is 0 Å². The van der Waals surface area contributed by atoms with Crippen molar-refractivity contribution < 1.29 is 14.6 Å². The highest BCUT2D eigenvalue weighted by atomic mass is 16.5. The molecule has 1 amide bonds. The van der Waals surface area contributed by atoms with Gasteiger partial charge >= 0.3 is 0 Å². The number of para-hydroxylation sites is 1. The fraction of sp³-hybridized carbons (Fsp3) is 0.562. The van der Waals surface area contributed by atoms with Gasteiger partial charge in [0.15, 0.2) is 0 Å². The van der Waals surface area contributed by atoms with Gasteiger partial charge in [-0.05, 0) is 25.0 Å². The van der Waals surface area contributed by atoms with E-state index >= 15 is 0 Å². The lowest BCUT2D eigenvalue weighted by Crippen LogP contribution is -2.36. The third-order valence-corrected chi connectivity index (χ3v) is 3.18. The van der Waals surface area contributed by atoms with Gasteiger partial charge in [-0.1, -0.05) is 32.0 Å². The first kappa shape index (κ1) is 16.5. The van der Waals surface area contributed by atoms with Crippen LogP contribution in [0, 0.1) is 19.3 Å². The standard InChI is InChI=1S/C16H25NO3/c1-12-6-5-7-13(2)15(12)20-9-8-14(19)17-10-16(3,4)11-18/h5-7,18H,8-11H2,1-4H3,(H,17,19). The number of ether oxygens (including phenoxy) is 1. The summed E-state index contributed by atoms with van der Waals surface area (Å²) in [5.74, 6) is 0.800. The minimum absolute atomic E-state index is 0.0478. The molecule has 0 radical (unpaired) electrons. The number of amides is 1. The van der Waals surface area contributed by atoms with Gasteiger partial charge in [-0.2, -0.15) is 0 Å². The van der Waals surface area contributed by atoms with E-state index in [1.807, 2.05) is 45.9 Å². The average Bonchev–Trinajstić information content (AvgIpc) is 2.40. The summed E-state index contributed by atoms with van der Waals surface area (Å²) < 4.78 is 5.69. The zero-order valence-electron chi connectivity index (χ0n) is 12.8. The van der Waals surface area contributed by atoms with E-state index in [0.29, 0.717) is 19.6 Å². The van der Waals surface area contributed by atoms with E-state index in [9.17, 15) is 4.79 Å². The Morgan fingerprint density at radius 2 is 1.90 bits per heavy atom. The molecule has 0 fully saturated rings. The molecule has 0 aliphatic carbocycles. The third kappa shape index (κ3) is 5.21. The van der Waals surface area contributed by atoms with Crippen molar-refractivity contribution in [2.24, 2.45) is 5.41 Å². The fourth-order valence-corrected chi connectivity index (χ4v) is 1.75. The maximum Gasteiger partial charge on any atom is 0.223 e. The maximum atomic E-state index is 11.7. The van der Waals surface area contributed by atoms with Crippen molar-refractivity contribution in [2.75, 3.05) is 19.8 Å². The van der Waals surface area contributed by atoms with Crippen LogP contribution in [-0.4, -0.2) is 30.8 Å². The maximum absolute atomic E-state index is 11.7. The highest BCUT2D eigenvalue weighted by Crippen LogP contribution is 2.22. The molecule has 0 saturated heterocycles. The van der Waals surface area contributed by atoms with E-state index in [-0.39, 0.29) is 17.9 Å². The molecule has 4 heteroatoms. The minimum atomic E-state index is -0.289. The number of aliphatic hydroxyl groups excluding tert-OH is 1. The Labute approximate surface area is 121 Å². The van der Waals surface area contributed by atoms with Crippen LogP contribution in [-0.2, 0) is 4.79 Å². The van der Waals surface area contributed by atoms with Crippen molar-refractivity contribution in [3.63, 3.8) is 0 Å². The lowest BCUT2D eigenvalue weighted by molar-refractivity contribution is -0.122. The first-order valence-corrected chi connectivity index (χ1v) is 6.92. The van der Waals surface area contributed by atoms with Crippen molar-refractivity contribution in [1.29, 1.82) is 0 Å². The quantitative estimate of drug-likeness (QED) is 0.804. The molecule has 0 heterocycles. The van der Waals surface area contributed by atoms with Gasteiger partial charge in [0, 0.05) is 18.6 Å². The van der Waals surface area contributed by atoms with Crippen LogP contribution in [0.3, 0.4) is 0 Å². The van der Waals surface area contributed by atoms with Crippen LogP contribution in [0.2, 0.25) is 0 Å². The predicted octanol–water partition coefficient (Wildman–Crippen LogP) is 2.21. The third-order valence-electron chi connectivity index (χ3n) is 3.18. The molecule has 0 spiro atoms. The second kappa shape index (κ2) is 7.29. The van der Waals surface area contributed by atoms with Crippen LogP contribution in [0.15, 0.2) is 18.2 Å². The van der Waals surface area contributed by atoms with Crippen LogP contribution in [0.25, 0.3) is 0 Å². The van der Waals surface area contributed by atoms with Crippen LogP contribution in [0.5, 0.6) is 5.75 Å². The smallest absolute Gasteiger partial charge is 0.223 e. The summed E-state index contributed by atoms with van der Waals surface area (Å²) in [5.41, 5.74) is 1.86. The number of rotatable bonds is 7. The summed E-state index contributed by atoms with van der Waals surface area (Å²) in [6.07, 6.45) is 0.315. The average molecular weight is 279 g/mol. The largest absolute Gasteiger partial charge is 0.493 e. The second-order valence-electron chi connectivity index (χ2n) is 5.92.